The molecule has 2 nitrogen and oxygen atoms in total. The minimum atomic E-state index is 0.199. The van der Waals surface area contributed by atoms with Gasteiger partial charge in [0, 0.05) is 22.2 Å². The van der Waals surface area contributed by atoms with Crippen molar-refractivity contribution in [2.45, 2.75) is 13.8 Å². The van der Waals surface area contributed by atoms with E-state index >= 15 is 0 Å². The number of pyridine rings is 1. The molecule has 1 heterocycles. The minimum absolute atomic E-state index is 0.199. The molecule has 0 spiro atoms. The van der Waals surface area contributed by atoms with Crippen LogP contribution in [0.4, 0.5) is 0 Å². The Labute approximate surface area is 122 Å². The first-order valence-corrected chi connectivity index (χ1v) is 6.79. The predicted molar refractivity (Wildman–Crippen MR) is 83.3 cm³/mol. The highest BCUT2D eigenvalue weighted by Gasteiger charge is 2.12. The maximum atomic E-state index is 9.87. The fourth-order valence-corrected chi connectivity index (χ4v) is 2.84. The SMILES string of the molecule is Cc1cccc(C)c1-c1cc2nccc(O)c2cc1Cl. The molecule has 0 aliphatic rings. The Morgan fingerprint density at radius 1 is 1.05 bits per heavy atom. The average Bonchev–Trinajstić information content (AvgIpc) is 2.40. The van der Waals surface area contributed by atoms with Crippen LogP contribution in [-0.2, 0) is 0 Å². The van der Waals surface area contributed by atoms with Gasteiger partial charge in [0.15, 0.2) is 0 Å². The van der Waals surface area contributed by atoms with Gasteiger partial charge >= 0.3 is 0 Å². The second-order valence-electron chi connectivity index (χ2n) is 4.95. The molecule has 0 fully saturated rings. The zero-order chi connectivity index (χ0) is 14.3. The Bertz CT molecular complexity index is 791. The van der Waals surface area contributed by atoms with E-state index < -0.39 is 0 Å². The molecule has 0 atom stereocenters. The molecule has 3 heteroatoms. The van der Waals surface area contributed by atoms with Gasteiger partial charge in [-0.2, -0.15) is 0 Å². The first-order valence-electron chi connectivity index (χ1n) is 6.42. The fourth-order valence-electron chi connectivity index (χ4n) is 2.58. The summed E-state index contributed by atoms with van der Waals surface area (Å²) in [6.45, 7) is 4.14. The lowest BCUT2D eigenvalue weighted by atomic mass is 9.95. The van der Waals surface area contributed by atoms with Crippen molar-refractivity contribution in [3.05, 3.63) is 58.7 Å². The summed E-state index contributed by atoms with van der Waals surface area (Å²) in [6, 6.07) is 11.5. The number of aromatic nitrogens is 1. The predicted octanol–water partition coefficient (Wildman–Crippen LogP) is 4.88. The molecule has 100 valence electrons. The fraction of sp³-hybridized carbons (Fsp3) is 0.118. The highest BCUT2D eigenvalue weighted by Crippen LogP contribution is 2.37. The third-order valence-electron chi connectivity index (χ3n) is 3.56. The van der Waals surface area contributed by atoms with Crippen LogP contribution in [0.25, 0.3) is 22.0 Å². The number of aromatic hydroxyl groups is 1. The Hall–Kier alpha value is -2.06. The van der Waals surface area contributed by atoms with Gasteiger partial charge in [0.2, 0.25) is 0 Å². The zero-order valence-electron chi connectivity index (χ0n) is 11.3. The van der Waals surface area contributed by atoms with Gasteiger partial charge in [-0.25, -0.2) is 0 Å². The first kappa shape index (κ1) is 12.9. The van der Waals surface area contributed by atoms with E-state index in [2.05, 4.69) is 31.0 Å². The quantitative estimate of drug-likeness (QED) is 0.690. The van der Waals surface area contributed by atoms with Crippen molar-refractivity contribution >= 4 is 22.5 Å². The van der Waals surface area contributed by atoms with Gasteiger partial charge in [-0.3, -0.25) is 4.98 Å². The van der Waals surface area contributed by atoms with E-state index in [0.717, 1.165) is 16.6 Å². The number of benzene rings is 2. The van der Waals surface area contributed by atoms with Gasteiger partial charge in [0.25, 0.3) is 0 Å². The third kappa shape index (κ3) is 2.02. The largest absolute Gasteiger partial charge is 0.507 e. The standard InChI is InChI=1S/C17H14ClNO/c1-10-4-3-5-11(2)17(10)12-9-15-13(8-14(12)18)16(20)6-7-19-15/h3-9H,1-2H3,(H,19,20). The third-order valence-corrected chi connectivity index (χ3v) is 3.87. The summed E-state index contributed by atoms with van der Waals surface area (Å²) < 4.78 is 0. The van der Waals surface area contributed by atoms with E-state index in [1.807, 2.05) is 12.1 Å². The van der Waals surface area contributed by atoms with Gasteiger partial charge in [-0.05, 0) is 48.7 Å². The van der Waals surface area contributed by atoms with E-state index in [-0.39, 0.29) is 5.75 Å². The van der Waals surface area contributed by atoms with Gasteiger partial charge in [0.05, 0.1) is 5.52 Å². The molecule has 2 aromatic carbocycles. The second kappa shape index (κ2) is 4.80. The summed E-state index contributed by atoms with van der Waals surface area (Å²) in [6.07, 6.45) is 1.60. The second-order valence-corrected chi connectivity index (χ2v) is 5.35. The lowest BCUT2D eigenvalue weighted by Crippen LogP contribution is -1.90. The molecular weight excluding hydrogens is 270 g/mol. The Balaban J connectivity index is 2.35. The summed E-state index contributed by atoms with van der Waals surface area (Å²) in [5.74, 6) is 0.199. The van der Waals surface area contributed by atoms with Crippen molar-refractivity contribution in [2.75, 3.05) is 0 Å². The molecule has 0 bridgehead atoms. The number of hydrogen-bond donors (Lipinski definition) is 1. The van der Waals surface area contributed by atoms with Crippen molar-refractivity contribution in [1.82, 2.24) is 4.98 Å². The van der Waals surface area contributed by atoms with Crippen molar-refractivity contribution in [1.29, 1.82) is 0 Å². The molecule has 3 rings (SSSR count). The number of fused-ring (bicyclic) bond motifs is 1. The molecule has 1 aromatic heterocycles. The van der Waals surface area contributed by atoms with Crippen molar-refractivity contribution in [2.24, 2.45) is 0 Å². The maximum absolute atomic E-state index is 9.87. The number of halogens is 1. The lowest BCUT2D eigenvalue weighted by molar-refractivity contribution is 0.481. The molecule has 0 saturated heterocycles. The summed E-state index contributed by atoms with van der Waals surface area (Å²) in [5, 5.41) is 11.2. The topological polar surface area (TPSA) is 33.1 Å². The molecule has 0 aliphatic heterocycles. The smallest absolute Gasteiger partial charge is 0.126 e. The molecule has 0 aliphatic carbocycles. The number of hydrogen-bond acceptors (Lipinski definition) is 2. The molecule has 0 amide bonds. The Morgan fingerprint density at radius 3 is 2.45 bits per heavy atom. The van der Waals surface area contributed by atoms with Crippen LogP contribution in [0, 0.1) is 13.8 Å². The monoisotopic (exact) mass is 283 g/mol. The molecule has 20 heavy (non-hydrogen) atoms. The normalized spacial score (nSPS) is 10.9. The van der Waals surface area contributed by atoms with E-state index in [1.165, 1.54) is 11.1 Å². The van der Waals surface area contributed by atoms with E-state index in [1.54, 1.807) is 18.3 Å². The first-order chi connectivity index (χ1) is 9.58. The molecule has 0 radical (unpaired) electrons. The van der Waals surface area contributed by atoms with Gasteiger partial charge in [0.1, 0.15) is 5.75 Å². The van der Waals surface area contributed by atoms with E-state index in [0.29, 0.717) is 10.4 Å². The van der Waals surface area contributed by atoms with Crippen molar-refractivity contribution < 1.29 is 5.11 Å². The maximum Gasteiger partial charge on any atom is 0.126 e. The number of aryl methyl sites for hydroxylation is 2. The number of nitrogens with zero attached hydrogens (tertiary/aromatic N) is 1. The van der Waals surface area contributed by atoms with Crippen LogP contribution in [0.5, 0.6) is 5.75 Å². The molecule has 1 N–H and O–H groups in total. The van der Waals surface area contributed by atoms with E-state index in [9.17, 15) is 5.11 Å². The highest BCUT2D eigenvalue weighted by atomic mass is 35.5. The average molecular weight is 284 g/mol. The summed E-state index contributed by atoms with van der Waals surface area (Å²) in [4.78, 5) is 4.31. The van der Waals surface area contributed by atoms with Crippen LogP contribution >= 0.6 is 11.6 Å². The summed E-state index contributed by atoms with van der Waals surface area (Å²) >= 11 is 6.41. The zero-order valence-corrected chi connectivity index (χ0v) is 12.1. The van der Waals surface area contributed by atoms with Crippen LogP contribution in [0.3, 0.4) is 0 Å². The van der Waals surface area contributed by atoms with Gasteiger partial charge in [-0.15, -0.1) is 0 Å². The number of rotatable bonds is 1. The van der Waals surface area contributed by atoms with Crippen molar-refractivity contribution in [3.63, 3.8) is 0 Å². The van der Waals surface area contributed by atoms with Crippen molar-refractivity contribution in [3.8, 4) is 16.9 Å². The van der Waals surface area contributed by atoms with Crippen LogP contribution in [0.1, 0.15) is 11.1 Å². The minimum Gasteiger partial charge on any atom is -0.507 e. The summed E-state index contributed by atoms with van der Waals surface area (Å²) in [5.41, 5.74) is 5.17. The van der Waals surface area contributed by atoms with Crippen LogP contribution in [0.15, 0.2) is 42.6 Å². The molecule has 0 saturated carbocycles. The summed E-state index contributed by atoms with van der Waals surface area (Å²) in [7, 11) is 0. The van der Waals surface area contributed by atoms with Crippen LogP contribution in [0.2, 0.25) is 5.02 Å². The lowest BCUT2D eigenvalue weighted by Gasteiger charge is -2.13. The molecule has 0 unspecified atom stereocenters. The molecular formula is C17H14ClNO. The van der Waals surface area contributed by atoms with Crippen LogP contribution < -0.4 is 0 Å². The highest BCUT2D eigenvalue weighted by molar-refractivity contribution is 6.34. The van der Waals surface area contributed by atoms with Gasteiger partial charge in [-0.1, -0.05) is 29.8 Å². The Morgan fingerprint density at radius 2 is 1.75 bits per heavy atom. The van der Waals surface area contributed by atoms with Crippen LogP contribution in [-0.4, -0.2) is 10.1 Å². The van der Waals surface area contributed by atoms with Gasteiger partial charge < -0.3 is 5.11 Å². The molecule has 3 aromatic rings. The Kier molecular flexibility index (Phi) is 3.11. The van der Waals surface area contributed by atoms with E-state index in [4.69, 9.17) is 11.6 Å².